The van der Waals surface area contributed by atoms with E-state index in [2.05, 4.69) is 0 Å². The Hall–Kier alpha value is -0.0900. The van der Waals surface area contributed by atoms with Crippen molar-refractivity contribution >= 4 is 22.9 Å². The molecule has 2 nitrogen and oxygen atoms in total. The van der Waals surface area contributed by atoms with Gasteiger partial charge >= 0.3 is 0 Å². The molecule has 13 heavy (non-hydrogen) atoms. The Balaban J connectivity index is 2.73. The molecule has 0 bridgehead atoms. The summed E-state index contributed by atoms with van der Waals surface area (Å²) in [6.45, 7) is 3.73. The van der Waals surface area contributed by atoms with Crippen molar-refractivity contribution in [2.75, 3.05) is 0 Å². The summed E-state index contributed by atoms with van der Waals surface area (Å²) in [5, 5.41) is 19.2. The first-order valence-electron chi connectivity index (χ1n) is 4.13. The Labute approximate surface area is 86.8 Å². The number of aliphatic hydroxyl groups is 2. The first kappa shape index (κ1) is 11.0. The molecule has 0 saturated heterocycles. The number of hydrogen-bond donors (Lipinski definition) is 2. The monoisotopic (exact) mass is 220 g/mol. The van der Waals surface area contributed by atoms with E-state index in [1.807, 2.05) is 13.8 Å². The molecule has 0 aromatic carbocycles. The number of halogens is 1. The van der Waals surface area contributed by atoms with Crippen LogP contribution in [0.15, 0.2) is 12.1 Å². The predicted octanol–water partition coefficient (Wildman–Crippen LogP) is 2.45. The highest BCUT2D eigenvalue weighted by Crippen LogP contribution is 2.30. The summed E-state index contributed by atoms with van der Waals surface area (Å²) < 4.78 is 0.630. The van der Waals surface area contributed by atoms with Crippen LogP contribution in [0, 0.1) is 5.92 Å². The minimum Gasteiger partial charge on any atom is -0.390 e. The molecule has 2 N–H and O–H groups in total. The molecular formula is C9H13ClO2S. The van der Waals surface area contributed by atoms with Gasteiger partial charge in [0.15, 0.2) is 0 Å². The van der Waals surface area contributed by atoms with Crippen LogP contribution >= 0.6 is 22.9 Å². The topological polar surface area (TPSA) is 40.5 Å². The van der Waals surface area contributed by atoms with Crippen molar-refractivity contribution in [2.45, 2.75) is 26.1 Å². The second kappa shape index (κ2) is 4.42. The molecule has 1 heterocycles. The lowest BCUT2D eigenvalue weighted by atomic mass is 10.0. The number of rotatable bonds is 3. The summed E-state index contributed by atoms with van der Waals surface area (Å²) in [5.74, 6) is 0.0378. The van der Waals surface area contributed by atoms with Crippen LogP contribution < -0.4 is 0 Å². The van der Waals surface area contributed by atoms with Crippen LogP contribution in [0.25, 0.3) is 0 Å². The lowest BCUT2D eigenvalue weighted by molar-refractivity contribution is -0.00745. The van der Waals surface area contributed by atoms with Gasteiger partial charge in [-0.25, -0.2) is 0 Å². The van der Waals surface area contributed by atoms with Gasteiger partial charge in [-0.1, -0.05) is 25.4 Å². The maximum atomic E-state index is 9.67. The molecule has 1 rings (SSSR count). The molecule has 1 aromatic rings. The Morgan fingerprint density at radius 2 is 1.92 bits per heavy atom. The molecule has 1 aromatic heterocycles. The van der Waals surface area contributed by atoms with Crippen LogP contribution in [0.4, 0.5) is 0 Å². The van der Waals surface area contributed by atoms with Gasteiger partial charge in [0, 0.05) is 4.88 Å². The van der Waals surface area contributed by atoms with Gasteiger partial charge in [0.1, 0.15) is 6.10 Å². The fourth-order valence-electron chi connectivity index (χ4n) is 1.02. The minimum absolute atomic E-state index is 0.0378. The molecule has 0 aliphatic carbocycles. The summed E-state index contributed by atoms with van der Waals surface area (Å²) >= 11 is 7.01. The fraction of sp³-hybridized carbons (Fsp3) is 0.556. The molecule has 0 saturated carbocycles. The predicted molar refractivity (Wildman–Crippen MR) is 55.1 cm³/mol. The maximum absolute atomic E-state index is 9.67. The highest BCUT2D eigenvalue weighted by atomic mass is 35.5. The van der Waals surface area contributed by atoms with E-state index in [4.69, 9.17) is 11.6 Å². The van der Waals surface area contributed by atoms with Crippen molar-refractivity contribution in [1.29, 1.82) is 0 Å². The molecule has 74 valence electrons. The smallest absolute Gasteiger partial charge is 0.114 e. The third-order valence-electron chi connectivity index (χ3n) is 1.89. The molecule has 0 fully saturated rings. The van der Waals surface area contributed by atoms with Crippen LogP contribution in [-0.4, -0.2) is 16.3 Å². The molecule has 0 radical (unpaired) electrons. The third-order valence-corrected chi connectivity index (χ3v) is 3.19. The third kappa shape index (κ3) is 2.68. The van der Waals surface area contributed by atoms with Gasteiger partial charge in [-0.2, -0.15) is 0 Å². The zero-order chi connectivity index (χ0) is 10.0. The van der Waals surface area contributed by atoms with Crippen molar-refractivity contribution in [3.8, 4) is 0 Å². The lowest BCUT2D eigenvalue weighted by Gasteiger charge is -2.19. The lowest BCUT2D eigenvalue weighted by Crippen LogP contribution is -2.23. The van der Waals surface area contributed by atoms with E-state index in [1.165, 1.54) is 11.3 Å². The molecule has 2 atom stereocenters. The maximum Gasteiger partial charge on any atom is 0.114 e. The Kier molecular flexibility index (Phi) is 3.74. The molecular weight excluding hydrogens is 208 g/mol. The van der Waals surface area contributed by atoms with Crippen molar-refractivity contribution < 1.29 is 10.2 Å². The van der Waals surface area contributed by atoms with Gasteiger partial charge in [-0.05, 0) is 18.1 Å². The Morgan fingerprint density at radius 1 is 1.31 bits per heavy atom. The van der Waals surface area contributed by atoms with Crippen molar-refractivity contribution in [3.05, 3.63) is 21.3 Å². The number of hydrogen-bond acceptors (Lipinski definition) is 3. The largest absolute Gasteiger partial charge is 0.390 e. The highest BCUT2D eigenvalue weighted by Gasteiger charge is 2.22. The molecule has 0 aliphatic rings. The zero-order valence-corrected chi connectivity index (χ0v) is 9.14. The van der Waals surface area contributed by atoms with E-state index in [9.17, 15) is 10.2 Å². The second-order valence-electron chi connectivity index (χ2n) is 3.32. The normalized spacial score (nSPS) is 16.2. The van der Waals surface area contributed by atoms with Crippen molar-refractivity contribution in [3.63, 3.8) is 0 Å². The van der Waals surface area contributed by atoms with Gasteiger partial charge < -0.3 is 10.2 Å². The summed E-state index contributed by atoms with van der Waals surface area (Å²) in [4.78, 5) is 0.714. The minimum atomic E-state index is -0.822. The van der Waals surface area contributed by atoms with Gasteiger partial charge in [0.25, 0.3) is 0 Å². The van der Waals surface area contributed by atoms with E-state index < -0.39 is 12.2 Å². The van der Waals surface area contributed by atoms with Crippen LogP contribution in [0.3, 0.4) is 0 Å². The molecule has 4 heteroatoms. The van der Waals surface area contributed by atoms with Gasteiger partial charge in [-0.15, -0.1) is 11.3 Å². The van der Waals surface area contributed by atoms with Gasteiger partial charge in [-0.3, -0.25) is 0 Å². The molecule has 2 unspecified atom stereocenters. The van der Waals surface area contributed by atoms with Crippen LogP contribution in [0.2, 0.25) is 4.34 Å². The number of thiophene rings is 1. The standard InChI is InChI=1S/C9H13ClO2S/c1-5(2)8(11)9(12)6-3-4-7(10)13-6/h3-5,8-9,11-12H,1-2H3. The highest BCUT2D eigenvalue weighted by molar-refractivity contribution is 7.16. The Bertz CT molecular complexity index is 272. The number of aliphatic hydroxyl groups excluding tert-OH is 2. The van der Waals surface area contributed by atoms with Crippen LogP contribution in [0.5, 0.6) is 0 Å². The second-order valence-corrected chi connectivity index (χ2v) is 5.07. The van der Waals surface area contributed by atoms with Gasteiger partial charge in [0.05, 0.1) is 10.4 Å². The van der Waals surface area contributed by atoms with E-state index in [1.54, 1.807) is 12.1 Å². The summed E-state index contributed by atoms with van der Waals surface area (Å²) in [6, 6.07) is 3.46. The first-order valence-corrected chi connectivity index (χ1v) is 5.33. The summed E-state index contributed by atoms with van der Waals surface area (Å²) in [7, 11) is 0. The van der Waals surface area contributed by atoms with Gasteiger partial charge in [0.2, 0.25) is 0 Å². The van der Waals surface area contributed by atoms with Crippen molar-refractivity contribution in [1.82, 2.24) is 0 Å². The fourth-order valence-corrected chi connectivity index (χ4v) is 2.11. The average molecular weight is 221 g/mol. The van der Waals surface area contributed by atoms with Crippen LogP contribution in [0.1, 0.15) is 24.8 Å². The van der Waals surface area contributed by atoms with Crippen molar-refractivity contribution in [2.24, 2.45) is 5.92 Å². The van der Waals surface area contributed by atoms with Crippen LogP contribution in [-0.2, 0) is 0 Å². The molecule has 0 amide bonds. The van der Waals surface area contributed by atoms with E-state index >= 15 is 0 Å². The molecule has 0 aliphatic heterocycles. The average Bonchev–Trinajstić information content (AvgIpc) is 2.49. The Morgan fingerprint density at radius 3 is 2.31 bits per heavy atom. The molecule has 0 spiro atoms. The van der Waals surface area contributed by atoms with E-state index in [0.29, 0.717) is 9.21 Å². The zero-order valence-electron chi connectivity index (χ0n) is 7.57. The van der Waals surface area contributed by atoms with E-state index in [-0.39, 0.29) is 5.92 Å². The van der Waals surface area contributed by atoms with E-state index in [0.717, 1.165) is 0 Å². The SMILES string of the molecule is CC(C)C(O)C(O)c1ccc(Cl)s1. The quantitative estimate of drug-likeness (QED) is 0.822. The first-order chi connectivity index (χ1) is 6.02. The summed E-state index contributed by atoms with van der Waals surface area (Å²) in [5.41, 5.74) is 0. The summed E-state index contributed by atoms with van der Waals surface area (Å²) in [6.07, 6.45) is -1.55.